The van der Waals surface area contributed by atoms with E-state index in [9.17, 15) is 0 Å². The van der Waals surface area contributed by atoms with Gasteiger partial charge >= 0.3 is 0 Å². The summed E-state index contributed by atoms with van der Waals surface area (Å²) in [5, 5.41) is 0. The molecule has 0 saturated heterocycles. The Morgan fingerprint density at radius 3 is 2.57 bits per heavy atom. The molecule has 2 unspecified atom stereocenters. The Morgan fingerprint density at radius 2 is 2.00 bits per heavy atom. The molecule has 2 saturated carbocycles. The average molecular weight is 199 g/mol. The molecule has 2 aliphatic carbocycles. The van der Waals surface area contributed by atoms with Crippen molar-refractivity contribution in [3.05, 3.63) is 0 Å². The molecule has 2 aliphatic rings. The first-order valence-corrected chi connectivity index (χ1v) is 5.66. The molecule has 0 aromatic rings. The molecule has 0 aromatic heterocycles. The molecule has 82 valence electrons. The summed E-state index contributed by atoms with van der Waals surface area (Å²) in [5.41, 5.74) is 6.44. The lowest BCUT2D eigenvalue weighted by Gasteiger charge is -2.52. The van der Waals surface area contributed by atoms with Crippen LogP contribution in [0, 0.1) is 5.41 Å². The van der Waals surface area contributed by atoms with Crippen molar-refractivity contribution in [2.45, 2.75) is 44.2 Å². The van der Waals surface area contributed by atoms with Crippen LogP contribution >= 0.6 is 0 Å². The summed E-state index contributed by atoms with van der Waals surface area (Å²) in [6.45, 7) is 1.41. The fourth-order valence-corrected chi connectivity index (χ4v) is 3.01. The molecule has 14 heavy (non-hydrogen) atoms. The fraction of sp³-hybridized carbons (Fsp3) is 1.00. The minimum atomic E-state index is 0.341. The highest BCUT2D eigenvalue weighted by Crippen LogP contribution is 2.53. The standard InChI is InChI=1S/C11H21NO2/c1-13-6-7-14-10-8-9(12)11(10)4-2-3-5-11/h9-10H,2-8,12H2,1H3. The van der Waals surface area contributed by atoms with Gasteiger partial charge in [0.25, 0.3) is 0 Å². The van der Waals surface area contributed by atoms with Crippen LogP contribution < -0.4 is 5.73 Å². The highest BCUT2D eigenvalue weighted by atomic mass is 16.5. The lowest BCUT2D eigenvalue weighted by molar-refractivity contribution is -0.130. The first-order valence-electron chi connectivity index (χ1n) is 5.66. The van der Waals surface area contributed by atoms with Crippen LogP contribution in [0.15, 0.2) is 0 Å². The zero-order valence-electron chi connectivity index (χ0n) is 9.00. The first kappa shape index (κ1) is 10.4. The molecule has 0 radical (unpaired) electrons. The minimum Gasteiger partial charge on any atom is -0.382 e. The zero-order chi connectivity index (χ0) is 10.0. The van der Waals surface area contributed by atoms with Crippen molar-refractivity contribution >= 4 is 0 Å². The lowest BCUT2D eigenvalue weighted by atomic mass is 9.61. The summed E-state index contributed by atoms with van der Waals surface area (Å²) < 4.78 is 10.8. The molecule has 0 aromatic carbocycles. The SMILES string of the molecule is COCCOC1CC(N)C12CCCC2. The minimum absolute atomic E-state index is 0.341. The van der Waals surface area contributed by atoms with E-state index >= 15 is 0 Å². The van der Waals surface area contributed by atoms with Crippen LogP contribution in [-0.2, 0) is 9.47 Å². The van der Waals surface area contributed by atoms with E-state index in [1.165, 1.54) is 25.7 Å². The maximum Gasteiger partial charge on any atom is 0.0704 e. The molecule has 0 aliphatic heterocycles. The van der Waals surface area contributed by atoms with Gasteiger partial charge in [0.1, 0.15) is 0 Å². The van der Waals surface area contributed by atoms with Crippen LogP contribution in [0.4, 0.5) is 0 Å². The molecule has 2 atom stereocenters. The predicted octanol–water partition coefficient (Wildman–Crippen LogP) is 1.31. The number of nitrogens with two attached hydrogens (primary N) is 1. The summed E-state index contributed by atoms with van der Waals surface area (Å²) in [5.74, 6) is 0. The van der Waals surface area contributed by atoms with Crippen LogP contribution in [0.25, 0.3) is 0 Å². The van der Waals surface area contributed by atoms with Crippen LogP contribution in [0.5, 0.6) is 0 Å². The normalized spacial score (nSPS) is 34.7. The van der Waals surface area contributed by atoms with Crippen molar-refractivity contribution in [1.82, 2.24) is 0 Å². The molecule has 3 nitrogen and oxygen atoms in total. The molecular weight excluding hydrogens is 178 g/mol. The second kappa shape index (κ2) is 4.17. The van der Waals surface area contributed by atoms with Gasteiger partial charge in [0, 0.05) is 18.6 Å². The molecule has 0 heterocycles. The predicted molar refractivity (Wildman–Crippen MR) is 55.1 cm³/mol. The highest BCUT2D eigenvalue weighted by Gasteiger charge is 2.54. The maximum absolute atomic E-state index is 6.10. The van der Waals surface area contributed by atoms with Crippen LogP contribution in [0.3, 0.4) is 0 Å². The van der Waals surface area contributed by atoms with Gasteiger partial charge in [-0.1, -0.05) is 12.8 Å². The molecule has 0 bridgehead atoms. The van der Waals surface area contributed by atoms with E-state index in [0.717, 1.165) is 13.0 Å². The third-order valence-corrected chi connectivity index (χ3v) is 3.99. The highest BCUT2D eigenvalue weighted by molar-refractivity contribution is 5.08. The monoisotopic (exact) mass is 199 g/mol. The Labute approximate surface area is 85.9 Å². The molecule has 0 amide bonds. The van der Waals surface area contributed by atoms with Gasteiger partial charge in [-0.25, -0.2) is 0 Å². The van der Waals surface area contributed by atoms with Gasteiger partial charge in [-0.05, 0) is 19.3 Å². The van der Waals surface area contributed by atoms with Crippen molar-refractivity contribution < 1.29 is 9.47 Å². The smallest absolute Gasteiger partial charge is 0.0704 e. The van der Waals surface area contributed by atoms with E-state index in [-0.39, 0.29) is 0 Å². The van der Waals surface area contributed by atoms with Gasteiger partial charge in [0.05, 0.1) is 19.3 Å². The molecular formula is C11H21NO2. The van der Waals surface area contributed by atoms with E-state index in [1.807, 2.05) is 0 Å². The summed E-state index contributed by atoms with van der Waals surface area (Å²) >= 11 is 0. The second-order valence-electron chi connectivity index (χ2n) is 4.63. The Hall–Kier alpha value is -0.120. The second-order valence-corrected chi connectivity index (χ2v) is 4.63. The maximum atomic E-state index is 6.10. The lowest BCUT2D eigenvalue weighted by Crippen LogP contribution is -2.61. The summed E-state index contributed by atoms with van der Waals surface area (Å²) in [4.78, 5) is 0. The summed E-state index contributed by atoms with van der Waals surface area (Å²) in [7, 11) is 1.71. The topological polar surface area (TPSA) is 44.5 Å². The van der Waals surface area contributed by atoms with Crippen molar-refractivity contribution in [3.8, 4) is 0 Å². The van der Waals surface area contributed by atoms with E-state index < -0.39 is 0 Å². The van der Waals surface area contributed by atoms with Crippen molar-refractivity contribution in [2.24, 2.45) is 11.1 Å². The van der Waals surface area contributed by atoms with Gasteiger partial charge in [-0.15, -0.1) is 0 Å². The summed E-state index contributed by atoms with van der Waals surface area (Å²) in [6.07, 6.45) is 6.66. The molecule has 2 N–H and O–H groups in total. The van der Waals surface area contributed by atoms with Gasteiger partial charge in [0.2, 0.25) is 0 Å². The number of hydrogen-bond acceptors (Lipinski definition) is 3. The largest absolute Gasteiger partial charge is 0.382 e. The average Bonchev–Trinajstić information content (AvgIpc) is 2.68. The molecule has 3 heteroatoms. The van der Waals surface area contributed by atoms with Crippen LogP contribution in [0.1, 0.15) is 32.1 Å². The van der Waals surface area contributed by atoms with Crippen LogP contribution in [-0.4, -0.2) is 32.5 Å². The van der Waals surface area contributed by atoms with Crippen molar-refractivity contribution in [1.29, 1.82) is 0 Å². The Morgan fingerprint density at radius 1 is 1.29 bits per heavy atom. The number of hydrogen-bond donors (Lipinski definition) is 1. The Bertz CT molecular complexity index is 190. The first-order chi connectivity index (χ1) is 6.79. The van der Waals surface area contributed by atoms with E-state index in [1.54, 1.807) is 7.11 Å². The van der Waals surface area contributed by atoms with E-state index in [0.29, 0.717) is 24.2 Å². The quantitative estimate of drug-likeness (QED) is 0.694. The third-order valence-electron chi connectivity index (χ3n) is 3.99. The number of methoxy groups -OCH3 is 1. The molecule has 2 rings (SSSR count). The van der Waals surface area contributed by atoms with Crippen LogP contribution in [0.2, 0.25) is 0 Å². The molecule has 2 fully saturated rings. The van der Waals surface area contributed by atoms with E-state index in [2.05, 4.69) is 0 Å². The van der Waals surface area contributed by atoms with Gasteiger partial charge in [0.15, 0.2) is 0 Å². The zero-order valence-corrected chi connectivity index (χ0v) is 9.00. The Kier molecular flexibility index (Phi) is 3.10. The van der Waals surface area contributed by atoms with Gasteiger partial charge < -0.3 is 15.2 Å². The van der Waals surface area contributed by atoms with Crippen molar-refractivity contribution in [3.63, 3.8) is 0 Å². The van der Waals surface area contributed by atoms with Gasteiger partial charge in [-0.3, -0.25) is 0 Å². The third kappa shape index (κ3) is 1.58. The molecule has 1 spiro atoms. The summed E-state index contributed by atoms with van der Waals surface area (Å²) in [6, 6.07) is 0.387. The fourth-order valence-electron chi connectivity index (χ4n) is 3.01. The number of rotatable bonds is 4. The van der Waals surface area contributed by atoms with E-state index in [4.69, 9.17) is 15.2 Å². The Balaban J connectivity index is 1.82. The number of ether oxygens (including phenoxy) is 2. The van der Waals surface area contributed by atoms with Crippen molar-refractivity contribution in [2.75, 3.05) is 20.3 Å². The van der Waals surface area contributed by atoms with Gasteiger partial charge in [-0.2, -0.15) is 0 Å².